The quantitative estimate of drug-likeness (QED) is 0.916. The van der Waals surface area contributed by atoms with Gasteiger partial charge in [-0.3, -0.25) is 9.59 Å². The number of carbonyl (C=O) groups excluding carboxylic acids is 2. The monoisotopic (exact) mass is 331 g/mol. The number of benzene rings is 1. The van der Waals surface area contributed by atoms with Crippen LogP contribution in [0.3, 0.4) is 0 Å². The highest BCUT2D eigenvalue weighted by atomic mass is 32.1. The summed E-state index contributed by atoms with van der Waals surface area (Å²) in [4.78, 5) is 30.0. The van der Waals surface area contributed by atoms with E-state index in [9.17, 15) is 9.59 Å². The van der Waals surface area contributed by atoms with Gasteiger partial charge in [-0.15, -0.1) is 11.3 Å². The molecule has 0 aliphatic carbocycles. The standard InChI is InChI=1S/C17H21N3O2S/c1-11-6-5-7-12(2)17(11)19-15(21)9-20(4)16(22)8-14-10-23-13(3)18-14/h5-7,10H,8-9H2,1-4H3,(H,19,21). The third-order valence-corrected chi connectivity index (χ3v) is 4.37. The number of aryl methyl sites for hydroxylation is 3. The van der Waals surface area contributed by atoms with Crippen molar-refractivity contribution in [1.82, 2.24) is 9.88 Å². The van der Waals surface area contributed by atoms with Gasteiger partial charge < -0.3 is 10.2 Å². The lowest BCUT2D eigenvalue weighted by atomic mass is 10.1. The van der Waals surface area contributed by atoms with Crippen molar-refractivity contribution in [2.75, 3.05) is 18.9 Å². The Kier molecular flexibility index (Phi) is 5.50. The summed E-state index contributed by atoms with van der Waals surface area (Å²) in [6.45, 7) is 5.82. The van der Waals surface area contributed by atoms with Gasteiger partial charge in [0.05, 0.1) is 23.7 Å². The normalized spacial score (nSPS) is 10.4. The molecule has 1 heterocycles. The summed E-state index contributed by atoms with van der Waals surface area (Å²) in [5, 5.41) is 5.69. The fraction of sp³-hybridized carbons (Fsp3) is 0.353. The average molecular weight is 331 g/mol. The summed E-state index contributed by atoms with van der Waals surface area (Å²) < 4.78 is 0. The Bertz CT molecular complexity index is 704. The zero-order valence-electron chi connectivity index (χ0n) is 13.8. The van der Waals surface area contributed by atoms with Crippen LogP contribution in [0.2, 0.25) is 0 Å². The SMILES string of the molecule is Cc1nc(CC(=O)N(C)CC(=O)Nc2c(C)cccc2C)cs1. The maximum Gasteiger partial charge on any atom is 0.243 e. The Morgan fingerprint density at radius 1 is 1.22 bits per heavy atom. The van der Waals surface area contributed by atoms with Crippen molar-refractivity contribution in [2.45, 2.75) is 27.2 Å². The molecule has 0 bridgehead atoms. The number of anilines is 1. The van der Waals surface area contributed by atoms with Crippen LogP contribution in [-0.2, 0) is 16.0 Å². The molecule has 2 rings (SSSR count). The molecule has 1 aromatic carbocycles. The second-order valence-corrected chi connectivity index (χ2v) is 6.66. The molecule has 122 valence electrons. The first-order valence-corrected chi connectivity index (χ1v) is 8.26. The van der Waals surface area contributed by atoms with Crippen molar-refractivity contribution in [3.8, 4) is 0 Å². The number of nitrogens with zero attached hydrogens (tertiary/aromatic N) is 2. The van der Waals surface area contributed by atoms with Crippen molar-refractivity contribution >= 4 is 28.8 Å². The third-order valence-electron chi connectivity index (χ3n) is 3.55. The van der Waals surface area contributed by atoms with E-state index >= 15 is 0 Å². The highest BCUT2D eigenvalue weighted by Crippen LogP contribution is 2.19. The van der Waals surface area contributed by atoms with Gasteiger partial charge in [-0.05, 0) is 31.9 Å². The van der Waals surface area contributed by atoms with E-state index in [1.807, 2.05) is 44.4 Å². The number of hydrogen-bond donors (Lipinski definition) is 1. The van der Waals surface area contributed by atoms with E-state index < -0.39 is 0 Å². The smallest absolute Gasteiger partial charge is 0.243 e. The third kappa shape index (κ3) is 4.63. The van der Waals surface area contributed by atoms with Crippen LogP contribution in [0.5, 0.6) is 0 Å². The molecule has 1 N–H and O–H groups in total. The first-order valence-electron chi connectivity index (χ1n) is 7.38. The van der Waals surface area contributed by atoms with Gasteiger partial charge in [-0.1, -0.05) is 18.2 Å². The predicted octanol–water partition coefficient (Wildman–Crippen LogP) is 2.71. The fourth-order valence-electron chi connectivity index (χ4n) is 2.27. The number of carbonyl (C=O) groups is 2. The summed E-state index contributed by atoms with van der Waals surface area (Å²) in [7, 11) is 1.63. The highest BCUT2D eigenvalue weighted by molar-refractivity contribution is 7.09. The molecule has 5 nitrogen and oxygen atoms in total. The number of nitrogens with one attached hydrogen (secondary N) is 1. The van der Waals surface area contributed by atoms with Gasteiger partial charge in [0, 0.05) is 18.1 Å². The zero-order valence-corrected chi connectivity index (χ0v) is 14.7. The van der Waals surface area contributed by atoms with Crippen molar-refractivity contribution in [2.24, 2.45) is 0 Å². The van der Waals surface area contributed by atoms with Crippen LogP contribution in [0, 0.1) is 20.8 Å². The number of para-hydroxylation sites is 1. The molecule has 0 atom stereocenters. The van der Waals surface area contributed by atoms with Crippen molar-refractivity contribution in [3.63, 3.8) is 0 Å². The number of likely N-dealkylation sites (N-methyl/N-ethyl adjacent to an activating group) is 1. The lowest BCUT2D eigenvalue weighted by Gasteiger charge is -2.17. The van der Waals surface area contributed by atoms with Crippen LogP contribution in [0.15, 0.2) is 23.6 Å². The molecule has 0 fully saturated rings. The Morgan fingerprint density at radius 3 is 2.43 bits per heavy atom. The molecule has 23 heavy (non-hydrogen) atoms. The summed E-state index contributed by atoms with van der Waals surface area (Å²) in [5.41, 5.74) is 3.57. The molecular formula is C17H21N3O2S. The fourth-order valence-corrected chi connectivity index (χ4v) is 2.89. The van der Waals surface area contributed by atoms with E-state index in [1.54, 1.807) is 7.05 Å². The largest absolute Gasteiger partial charge is 0.336 e. The van der Waals surface area contributed by atoms with Gasteiger partial charge in [0.1, 0.15) is 0 Å². The van der Waals surface area contributed by atoms with Crippen molar-refractivity contribution in [1.29, 1.82) is 0 Å². The van der Waals surface area contributed by atoms with Gasteiger partial charge in [0.25, 0.3) is 0 Å². The van der Waals surface area contributed by atoms with Crippen molar-refractivity contribution < 1.29 is 9.59 Å². The second kappa shape index (κ2) is 7.37. The van der Waals surface area contributed by atoms with Gasteiger partial charge in [0.2, 0.25) is 11.8 Å². The molecule has 0 aliphatic heterocycles. The van der Waals surface area contributed by atoms with Crippen LogP contribution >= 0.6 is 11.3 Å². The molecule has 0 radical (unpaired) electrons. The Labute approximate surface area is 140 Å². The van der Waals surface area contributed by atoms with E-state index in [-0.39, 0.29) is 24.8 Å². The van der Waals surface area contributed by atoms with Crippen LogP contribution in [-0.4, -0.2) is 35.3 Å². The van der Waals surface area contributed by atoms with E-state index in [2.05, 4.69) is 10.3 Å². The average Bonchev–Trinajstić information content (AvgIpc) is 2.88. The number of aromatic nitrogens is 1. The molecular weight excluding hydrogens is 310 g/mol. The summed E-state index contributed by atoms with van der Waals surface area (Å²) >= 11 is 1.52. The van der Waals surface area contributed by atoms with E-state index in [1.165, 1.54) is 16.2 Å². The molecule has 2 amide bonds. The van der Waals surface area contributed by atoms with E-state index in [0.29, 0.717) is 0 Å². The maximum atomic E-state index is 12.2. The Balaban J connectivity index is 1.93. The zero-order chi connectivity index (χ0) is 17.0. The lowest BCUT2D eigenvalue weighted by Crippen LogP contribution is -2.36. The minimum absolute atomic E-state index is 0.0235. The number of rotatable bonds is 5. The second-order valence-electron chi connectivity index (χ2n) is 5.60. The van der Waals surface area contributed by atoms with Crippen LogP contribution in [0.4, 0.5) is 5.69 Å². The van der Waals surface area contributed by atoms with Gasteiger partial charge in [-0.25, -0.2) is 4.98 Å². The summed E-state index contributed by atoms with van der Waals surface area (Å²) in [6.07, 6.45) is 0.220. The topological polar surface area (TPSA) is 62.3 Å². The van der Waals surface area contributed by atoms with Gasteiger partial charge in [0.15, 0.2) is 0 Å². The number of thiazole rings is 1. The van der Waals surface area contributed by atoms with Crippen LogP contribution in [0.25, 0.3) is 0 Å². The molecule has 2 aromatic rings. The molecule has 0 aliphatic rings. The van der Waals surface area contributed by atoms with Gasteiger partial charge >= 0.3 is 0 Å². The van der Waals surface area contributed by atoms with E-state index in [4.69, 9.17) is 0 Å². The molecule has 0 unspecified atom stereocenters. The molecule has 6 heteroatoms. The Morgan fingerprint density at radius 2 is 1.87 bits per heavy atom. The van der Waals surface area contributed by atoms with Crippen molar-refractivity contribution in [3.05, 3.63) is 45.4 Å². The molecule has 0 saturated heterocycles. The molecule has 0 saturated carbocycles. The van der Waals surface area contributed by atoms with Crippen LogP contribution in [0.1, 0.15) is 21.8 Å². The summed E-state index contributed by atoms with van der Waals surface area (Å²) in [6, 6.07) is 5.84. The minimum atomic E-state index is -0.201. The number of hydrogen-bond acceptors (Lipinski definition) is 4. The van der Waals surface area contributed by atoms with Crippen LogP contribution < -0.4 is 5.32 Å². The molecule has 1 aromatic heterocycles. The number of amides is 2. The summed E-state index contributed by atoms with van der Waals surface area (Å²) in [5.74, 6) is -0.320. The predicted molar refractivity (Wildman–Crippen MR) is 92.7 cm³/mol. The maximum absolute atomic E-state index is 12.2. The van der Waals surface area contributed by atoms with E-state index in [0.717, 1.165) is 27.5 Å². The Hall–Kier alpha value is -2.21. The lowest BCUT2D eigenvalue weighted by molar-refractivity contribution is -0.132. The van der Waals surface area contributed by atoms with Gasteiger partial charge in [-0.2, -0.15) is 0 Å². The first-order chi connectivity index (χ1) is 10.9. The molecule has 0 spiro atoms. The first kappa shape index (κ1) is 17.1. The minimum Gasteiger partial charge on any atom is -0.336 e. The highest BCUT2D eigenvalue weighted by Gasteiger charge is 2.15.